The first-order chi connectivity index (χ1) is 9.67. The summed E-state index contributed by atoms with van der Waals surface area (Å²) in [6.07, 6.45) is 2.05. The van der Waals surface area contributed by atoms with E-state index in [0.29, 0.717) is 12.8 Å². The van der Waals surface area contributed by atoms with Crippen LogP contribution in [0.25, 0.3) is 0 Å². The van der Waals surface area contributed by atoms with Gasteiger partial charge in [0.15, 0.2) is 0 Å². The van der Waals surface area contributed by atoms with E-state index in [1.54, 1.807) is 6.08 Å². The van der Waals surface area contributed by atoms with Crippen molar-refractivity contribution < 1.29 is 19.1 Å². The fraction of sp³-hybridized carbons (Fsp3) is 0.333. The number of carbonyl (C=O) groups is 2. The zero-order valence-electron chi connectivity index (χ0n) is 11.5. The van der Waals surface area contributed by atoms with Crippen molar-refractivity contribution in [3.63, 3.8) is 0 Å². The van der Waals surface area contributed by atoms with Crippen LogP contribution in [0.1, 0.15) is 18.4 Å². The Bertz CT molecular complexity index is 444. The number of alkyl carbamates (subject to hydrolysis) is 1. The predicted octanol–water partition coefficient (Wildman–Crippen LogP) is 2.42. The Morgan fingerprint density at radius 2 is 2.05 bits per heavy atom. The predicted molar refractivity (Wildman–Crippen MR) is 75.0 cm³/mol. The fourth-order valence-corrected chi connectivity index (χ4v) is 1.58. The number of rotatable bonds is 7. The van der Waals surface area contributed by atoms with Crippen molar-refractivity contribution in [2.75, 3.05) is 7.11 Å². The quantitative estimate of drug-likeness (QED) is 0.614. The Hall–Kier alpha value is -2.30. The van der Waals surface area contributed by atoms with E-state index < -0.39 is 18.1 Å². The van der Waals surface area contributed by atoms with E-state index in [-0.39, 0.29) is 6.61 Å². The second-order valence-corrected chi connectivity index (χ2v) is 4.15. The minimum atomic E-state index is -0.721. The van der Waals surface area contributed by atoms with Crippen molar-refractivity contribution in [2.24, 2.45) is 0 Å². The molecule has 0 heterocycles. The molecule has 0 saturated carbocycles. The maximum Gasteiger partial charge on any atom is 0.408 e. The number of benzene rings is 1. The van der Waals surface area contributed by atoms with Crippen LogP contribution in [-0.2, 0) is 20.9 Å². The smallest absolute Gasteiger partial charge is 0.408 e. The third-order valence-corrected chi connectivity index (χ3v) is 2.65. The summed E-state index contributed by atoms with van der Waals surface area (Å²) in [5.41, 5.74) is 0.878. The number of nitrogens with one attached hydrogen (secondary N) is 1. The van der Waals surface area contributed by atoms with Crippen molar-refractivity contribution in [3.8, 4) is 0 Å². The molecule has 0 bridgehead atoms. The summed E-state index contributed by atoms with van der Waals surface area (Å²) in [5, 5.41) is 2.49. The summed E-state index contributed by atoms with van der Waals surface area (Å²) >= 11 is 0. The lowest BCUT2D eigenvalue weighted by Gasteiger charge is -2.15. The van der Waals surface area contributed by atoms with Crippen molar-refractivity contribution in [2.45, 2.75) is 25.5 Å². The Balaban J connectivity index is 2.44. The van der Waals surface area contributed by atoms with Crippen LogP contribution in [0.3, 0.4) is 0 Å². The van der Waals surface area contributed by atoms with Gasteiger partial charge in [0.1, 0.15) is 12.6 Å². The Morgan fingerprint density at radius 3 is 2.65 bits per heavy atom. The molecule has 1 rings (SSSR count). The molecule has 108 valence electrons. The van der Waals surface area contributed by atoms with Crippen LogP contribution in [0.5, 0.6) is 0 Å². The molecule has 1 amide bonds. The molecule has 0 aliphatic heterocycles. The molecule has 0 aromatic heterocycles. The monoisotopic (exact) mass is 277 g/mol. The van der Waals surface area contributed by atoms with Gasteiger partial charge in [-0.2, -0.15) is 0 Å². The first-order valence-electron chi connectivity index (χ1n) is 6.33. The summed E-state index contributed by atoms with van der Waals surface area (Å²) in [4.78, 5) is 23.1. The van der Waals surface area contributed by atoms with E-state index in [4.69, 9.17) is 4.74 Å². The van der Waals surface area contributed by atoms with Gasteiger partial charge in [-0.1, -0.05) is 36.4 Å². The molecule has 20 heavy (non-hydrogen) atoms. The molecular formula is C15H19NO4. The van der Waals surface area contributed by atoms with Crippen LogP contribution < -0.4 is 5.32 Å². The molecule has 0 fully saturated rings. The Labute approximate surface area is 118 Å². The summed E-state index contributed by atoms with van der Waals surface area (Å²) < 4.78 is 9.68. The Morgan fingerprint density at radius 1 is 1.35 bits per heavy atom. The number of amides is 1. The van der Waals surface area contributed by atoms with Gasteiger partial charge in [0.05, 0.1) is 7.11 Å². The normalized spacial score (nSPS) is 11.2. The SMILES string of the molecule is C=CCC[C@@H](NC(=O)OCc1ccccc1)C(=O)OC. The standard InChI is InChI=1S/C15H19NO4/c1-3-4-10-13(14(17)19-2)16-15(18)20-11-12-8-6-5-7-9-12/h3,5-9,13H,1,4,10-11H2,2H3,(H,16,18)/t13-/m1/s1. The van der Waals surface area contributed by atoms with Crippen molar-refractivity contribution in [1.29, 1.82) is 0 Å². The highest BCUT2D eigenvalue weighted by atomic mass is 16.6. The summed E-state index contributed by atoms with van der Waals surface area (Å²) in [6.45, 7) is 3.73. The molecule has 1 aromatic rings. The topological polar surface area (TPSA) is 64.6 Å². The van der Waals surface area contributed by atoms with Crippen LogP contribution in [0, 0.1) is 0 Å². The van der Waals surface area contributed by atoms with Gasteiger partial charge in [-0.05, 0) is 18.4 Å². The van der Waals surface area contributed by atoms with Gasteiger partial charge >= 0.3 is 12.1 Å². The Kier molecular flexibility index (Phi) is 6.89. The van der Waals surface area contributed by atoms with E-state index in [1.807, 2.05) is 30.3 Å². The molecule has 0 spiro atoms. The molecular weight excluding hydrogens is 258 g/mol. The number of carbonyl (C=O) groups excluding carboxylic acids is 2. The van der Waals surface area contributed by atoms with Crippen LogP contribution in [-0.4, -0.2) is 25.2 Å². The number of methoxy groups -OCH3 is 1. The highest BCUT2D eigenvalue weighted by molar-refractivity contribution is 5.81. The number of hydrogen-bond acceptors (Lipinski definition) is 4. The van der Waals surface area contributed by atoms with Gasteiger partial charge in [0.25, 0.3) is 0 Å². The van der Waals surface area contributed by atoms with Crippen LogP contribution in [0.4, 0.5) is 4.79 Å². The van der Waals surface area contributed by atoms with Crippen molar-refractivity contribution >= 4 is 12.1 Å². The molecule has 0 unspecified atom stereocenters. The van der Waals surface area contributed by atoms with Crippen LogP contribution in [0.2, 0.25) is 0 Å². The third kappa shape index (κ3) is 5.56. The second-order valence-electron chi connectivity index (χ2n) is 4.15. The number of hydrogen-bond donors (Lipinski definition) is 1. The molecule has 0 saturated heterocycles. The molecule has 0 radical (unpaired) electrons. The summed E-state index contributed by atoms with van der Waals surface area (Å²) in [7, 11) is 1.28. The molecule has 5 nitrogen and oxygen atoms in total. The van der Waals surface area contributed by atoms with Crippen molar-refractivity contribution in [3.05, 3.63) is 48.6 Å². The van der Waals surface area contributed by atoms with Gasteiger partial charge in [0.2, 0.25) is 0 Å². The van der Waals surface area contributed by atoms with Gasteiger partial charge < -0.3 is 14.8 Å². The zero-order chi connectivity index (χ0) is 14.8. The number of esters is 1. The average molecular weight is 277 g/mol. The highest BCUT2D eigenvalue weighted by Crippen LogP contribution is 2.03. The van der Waals surface area contributed by atoms with E-state index in [1.165, 1.54) is 7.11 Å². The second kappa shape index (κ2) is 8.74. The van der Waals surface area contributed by atoms with E-state index in [2.05, 4.69) is 16.6 Å². The minimum absolute atomic E-state index is 0.155. The van der Waals surface area contributed by atoms with Gasteiger partial charge in [0, 0.05) is 0 Å². The number of ether oxygens (including phenoxy) is 2. The molecule has 1 N–H and O–H groups in total. The summed E-state index contributed by atoms with van der Waals surface area (Å²) in [5.74, 6) is -0.497. The largest absolute Gasteiger partial charge is 0.467 e. The van der Waals surface area contributed by atoms with Crippen LogP contribution in [0.15, 0.2) is 43.0 Å². The maximum atomic E-state index is 11.6. The van der Waals surface area contributed by atoms with Gasteiger partial charge in [-0.15, -0.1) is 6.58 Å². The molecule has 0 aliphatic carbocycles. The van der Waals surface area contributed by atoms with Crippen LogP contribution >= 0.6 is 0 Å². The zero-order valence-corrected chi connectivity index (χ0v) is 11.5. The van der Waals surface area contributed by atoms with E-state index in [9.17, 15) is 9.59 Å². The highest BCUT2D eigenvalue weighted by Gasteiger charge is 2.21. The lowest BCUT2D eigenvalue weighted by atomic mass is 10.1. The first-order valence-corrected chi connectivity index (χ1v) is 6.33. The average Bonchev–Trinajstić information content (AvgIpc) is 2.49. The lowest BCUT2D eigenvalue weighted by Crippen LogP contribution is -2.41. The third-order valence-electron chi connectivity index (χ3n) is 2.65. The van der Waals surface area contributed by atoms with Crippen molar-refractivity contribution in [1.82, 2.24) is 5.32 Å². The van der Waals surface area contributed by atoms with E-state index in [0.717, 1.165) is 5.56 Å². The molecule has 1 atom stereocenters. The molecule has 1 aromatic carbocycles. The van der Waals surface area contributed by atoms with Gasteiger partial charge in [-0.25, -0.2) is 9.59 Å². The molecule has 0 aliphatic rings. The maximum absolute atomic E-state index is 11.6. The molecule has 5 heteroatoms. The summed E-state index contributed by atoms with van der Waals surface area (Å²) in [6, 6.07) is 8.58. The minimum Gasteiger partial charge on any atom is -0.467 e. The van der Waals surface area contributed by atoms with E-state index >= 15 is 0 Å². The number of allylic oxidation sites excluding steroid dienone is 1. The fourth-order valence-electron chi connectivity index (χ4n) is 1.58. The van der Waals surface area contributed by atoms with Gasteiger partial charge in [-0.3, -0.25) is 0 Å². The lowest BCUT2D eigenvalue weighted by molar-refractivity contribution is -0.143. The first kappa shape index (κ1) is 15.8.